The Balaban J connectivity index is 1.85. The monoisotopic (exact) mass is 303 g/mol. The van der Waals surface area contributed by atoms with Crippen molar-refractivity contribution in [2.24, 2.45) is 0 Å². The third-order valence-corrected chi connectivity index (χ3v) is 4.17. The number of hydrogen-bond donors (Lipinski definition) is 2. The standard InChI is InChI=1S/C15H17N3O4/c1-22-12(19)11-7-15(13(20)16-14(21)17-15)9-18(11)8-10-5-3-2-4-6-10/h2-6,11H,7-9H2,1H3,(H2,16,17,20,21)/t11-,15+/m0/s1. The number of imide groups is 1. The Hall–Kier alpha value is -2.41. The number of amides is 3. The van der Waals surface area contributed by atoms with Gasteiger partial charge in [0.25, 0.3) is 5.91 Å². The number of hydrogen-bond acceptors (Lipinski definition) is 5. The zero-order valence-corrected chi connectivity index (χ0v) is 12.2. The topological polar surface area (TPSA) is 87.7 Å². The molecule has 7 heteroatoms. The van der Waals surface area contributed by atoms with E-state index < -0.39 is 23.6 Å². The summed E-state index contributed by atoms with van der Waals surface area (Å²) < 4.78 is 4.84. The van der Waals surface area contributed by atoms with Crippen molar-refractivity contribution in [2.75, 3.05) is 13.7 Å². The quantitative estimate of drug-likeness (QED) is 0.607. The van der Waals surface area contributed by atoms with E-state index in [-0.39, 0.29) is 18.9 Å². The van der Waals surface area contributed by atoms with Crippen molar-refractivity contribution in [1.82, 2.24) is 15.5 Å². The molecule has 0 aromatic heterocycles. The van der Waals surface area contributed by atoms with Crippen molar-refractivity contribution in [2.45, 2.75) is 24.5 Å². The number of benzene rings is 1. The highest BCUT2D eigenvalue weighted by Gasteiger charge is 2.56. The van der Waals surface area contributed by atoms with Crippen LogP contribution in [0, 0.1) is 0 Å². The summed E-state index contributed by atoms with van der Waals surface area (Å²) in [5.74, 6) is -0.788. The van der Waals surface area contributed by atoms with Crippen LogP contribution < -0.4 is 10.6 Å². The molecule has 22 heavy (non-hydrogen) atoms. The van der Waals surface area contributed by atoms with Crippen LogP contribution in [0.25, 0.3) is 0 Å². The average molecular weight is 303 g/mol. The molecule has 2 heterocycles. The van der Waals surface area contributed by atoms with Gasteiger partial charge in [-0.2, -0.15) is 0 Å². The summed E-state index contributed by atoms with van der Waals surface area (Å²) in [7, 11) is 1.32. The SMILES string of the molecule is COC(=O)[C@@H]1C[C@]2(CN1Cc1ccccc1)NC(=O)NC2=O. The lowest BCUT2D eigenvalue weighted by Crippen LogP contribution is -2.48. The molecule has 3 amide bonds. The number of methoxy groups -OCH3 is 1. The van der Waals surface area contributed by atoms with Crippen molar-refractivity contribution < 1.29 is 19.1 Å². The fraction of sp³-hybridized carbons (Fsp3) is 0.400. The first-order valence-electron chi connectivity index (χ1n) is 7.03. The molecule has 2 aliphatic rings. The molecule has 3 rings (SSSR count). The van der Waals surface area contributed by atoms with Crippen molar-refractivity contribution >= 4 is 17.9 Å². The summed E-state index contributed by atoms with van der Waals surface area (Å²) in [5, 5.41) is 4.90. The van der Waals surface area contributed by atoms with Crippen LogP contribution in [-0.2, 0) is 20.9 Å². The molecule has 7 nitrogen and oxygen atoms in total. The van der Waals surface area contributed by atoms with Gasteiger partial charge in [0.2, 0.25) is 0 Å². The average Bonchev–Trinajstić information content (AvgIpc) is 2.99. The summed E-state index contributed by atoms with van der Waals surface area (Å²) in [4.78, 5) is 37.4. The summed E-state index contributed by atoms with van der Waals surface area (Å²) in [5.41, 5.74) is -0.0248. The summed E-state index contributed by atoms with van der Waals surface area (Å²) in [6, 6.07) is 8.57. The molecule has 2 N–H and O–H groups in total. The van der Waals surface area contributed by atoms with Crippen LogP contribution >= 0.6 is 0 Å². The van der Waals surface area contributed by atoms with E-state index in [2.05, 4.69) is 10.6 Å². The Labute approximate surface area is 127 Å². The Kier molecular flexibility index (Phi) is 3.58. The number of rotatable bonds is 3. The van der Waals surface area contributed by atoms with E-state index in [4.69, 9.17) is 4.74 Å². The van der Waals surface area contributed by atoms with Gasteiger partial charge in [0.05, 0.1) is 7.11 Å². The highest BCUT2D eigenvalue weighted by Crippen LogP contribution is 2.31. The van der Waals surface area contributed by atoms with Gasteiger partial charge in [-0.3, -0.25) is 19.8 Å². The number of carbonyl (C=O) groups is 3. The van der Waals surface area contributed by atoms with Gasteiger partial charge in [0, 0.05) is 19.5 Å². The Morgan fingerprint density at radius 1 is 1.36 bits per heavy atom. The zero-order chi connectivity index (χ0) is 15.7. The number of urea groups is 1. The number of nitrogens with zero attached hydrogens (tertiary/aromatic N) is 1. The normalized spacial score (nSPS) is 27.8. The molecule has 0 aliphatic carbocycles. The minimum absolute atomic E-state index is 0.212. The van der Waals surface area contributed by atoms with Gasteiger partial charge in [-0.05, 0) is 5.56 Å². The van der Waals surface area contributed by atoms with Crippen LogP contribution in [-0.4, -0.2) is 48.0 Å². The molecular weight excluding hydrogens is 286 g/mol. The van der Waals surface area contributed by atoms with Gasteiger partial charge in [-0.15, -0.1) is 0 Å². The summed E-state index contributed by atoms with van der Waals surface area (Å²) in [6.07, 6.45) is 0.212. The van der Waals surface area contributed by atoms with Gasteiger partial charge in [0.1, 0.15) is 11.6 Å². The predicted molar refractivity (Wildman–Crippen MR) is 76.7 cm³/mol. The van der Waals surface area contributed by atoms with E-state index in [0.717, 1.165) is 5.56 Å². The number of carbonyl (C=O) groups excluding carboxylic acids is 3. The molecule has 0 unspecified atom stereocenters. The third-order valence-electron chi connectivity index (χ3n) is 4.17. The molecule has 0 radical (unpaired) electrons. The molecule has 116 valence electrons. The van der Waals surface area contributed by atoms with E-state index in [1.807, 2.05) is 35.2 Å². The smallest absolute Gasteiger partial charge is 0.323 e. The molecule has 1 aromatic rings. The van der Waals surface area contributed by atoms with E-state index in [9.17, 15) is 14.4 Å². The van der Waals surface area contributed by atoms with Crippen LogP contribution in [0.4, 0.5) is 4.79 Å². The molecular formula is C15H17N3O4. The molecule has 2 aliphatic heterocycles. The Morgan fingerprint density at radius 3 is 2.68 bits per heavy atom. The van der Waals surface area contributed by atoms with Gasteiger partial charge >= 0.3 is 12.0 Å². The molecule has 1 aromatic carbocycles. The van der Waals surface area contributed by atoms with E-state index in [1.54, 1.807) is 0 Å². The molecule has 1 spiro atoms. The number of likely N-dealkylation sites (tertiary alicyclic amines) is 1. The second-order valence-corrected chi connectivity index (χ2v) is 5.62. The maximum atomic E-state index is 12.1. The van der Waals surface area contributed by atoms with Crippen LogP contribution in [0.15, 0.2) is 30.3 Å². The van der Waals surface area contributed by atoms with E-state index >= 15 is 0 Å². The number of esters is 1. The van der Waals surface area contributed by atoms with Gasteiger partial charge in [-0.25, -0.2) is 4.79 Å². The molecule has 0 saturated carbocycles. The van der Waals surface area contributed by atoms with Crippen LogP contribution in [0.5, 0.6) is 0 Å². The van der Waals surface area contributed by atoms with Crippen molar-refractivity contribution in [3.05, 3.63) is 35.9 Å². The fourth-order valence-corrected chi connectivity index (χ4v) is 3.12. The van der Waals surface area contributed by atoms with Gasteiger partial charge in [0.15, 0.2) is 0 Å². The summed E-state index contributed by atoms with van der Waals surface area (Å²) >= 11 is 0. The van der Waals surface area contributed by atoms with E-state index in [0.29, 0.717) is 6.54 Å². The Morgan fingerprint density at radius 2 is 2.09 bits per heavy atom. The lowest BCUT2D eigenvalue weighted by Gasteiger charge is -2.22. The first-order chi connectivity index (χ1) is 10.5. The van der Waals surface area contributed by atoms with E-state index in [1.165, 1.54) is 7.11 Å². The highest BCUT2D eigenvalue weighted by atomic mass is 16.5. The minimum atomic E-state index is -1.05. The van der Waals surface area contributed by atoms with Crippen molar-refractivity contribution in [3.63, 3.8) is 0 Å². The lowest BCUT2D eigenvalue weighted by molar-refractivity contribution is -0.146. The zero-order valence-electron chi connectivity index (χ0n) is 12.2. The fourth-order valence-electron chi connectivity index (χ4n) is 3.12. The second kappa shape index (κ2) is 5.42. The van der Waals surface area contributed by atoms with Crippen molar-refractivity contribution in [3.8, 4) is 0 Å². The Bertz CT molecular complexity index is 618. The molecule has 2 saturated heterocycles. The first-order valence-corrected chi connectivity index (χ1v) is 7.03. The molecule has 2 fully saturated rings. The predicted octanol–water partition coefficient (Wildman–Crippen LogP) is 0.0121. The minimum Gasteiger partial charge on any atom is -0.468 e. The number of nitrogens with one attached hydrogen (secondary N) is 2. The van der Waals surface area contributed by atoms with Crippen LogP contribution in [0.1, 0.15) is 12.0 Å². The second-order valence-electron chi connectivity index (χ2n) is 5.62. The molecule has 0 bridgehead atoms. The highest BCUT2D eigenvalue weighted by molar-refractivity contribution is 6.07. The lowest BCUT2D eigenvalue weighted by atomic mass is 9.96. The van der Waals surface area contributed by atoms with Crippen molar-refractivity contribution in [1.29, 1.82) is 0 Å². The maximum absolute atomic E-state index is 12.1. The van der Waals surface area contributed by atoms with Gasteiger partial charge in [-0.1, -0.05) is 30.3 Å². The molecule has 2 atom stereocenters. The largest absolute Gasteiger partial charge is 0.468 e. The summed E-state index contributed by atoms with van der Waals surface area (Å²) in [6.45, 7) is 0.782. The van der Waals surface area contributed by atoms with Crippen LogP contribution in [0.2, 0.25) is 0 Å². The number of ether oxygens (including phenoxy) is 1. The van der Waals surface area contributed by atoms with Crippen LogP contribution in [0.3, 0.4) is 0 Å². The van der Waals surface area contributed by atoms with Gasteiger partial charge < -0.3 is 10.1 Å². The third kappa shape index (κ3) is 2.43. The maximum Gasteiger partial charge on any atom is 0.323 e. The first kappa shape index (κ1) is 14.5.